The molecule has 25 heavy (non-hydrogen) atoms. The maximum Gasteiger partial charge on any atom is 0.191 e. The van der Waals surface area contributed by atoms with Gasteiger partial charge in [-0.2, -0.15) is 0 Å². The SMILES string of the molecule is CN1CCC(C)(c2cccc(-c3ccc([Si](C)(C)C)cc3)c2)N=C1N. The number of hydrogen-bond donors (Lipinski definition) is 1. The summed E-state index contributed by atoms with van der Waals surface area (Å²) in [6, 6.07) is 17.8. The molecule has 1 heterocycles. The predicted octanol–water partition coefficient (Wildman–Crippen LogP) is 3.76. The van der Waals surface area contributed by atoms with Crippen molar-refractivity contribution in [2.24, 2.45) is 10.7 Å². The number of nitrogens with two attached hydrogens (primary N) is 1. The highest BCUT2D eigenvalue weighted by Crippen LogP contribution is 2.34. The lowest BCUT2D eigenvalue weighted by molar-refractivity contribution is 0.339. The van der Waals surface area contributed by atoms with E-state index in [-0.39, 0.29) is 5.54 Å². The number of hydrogen-bond acceptors (Lipinski definition) is 3. The van der Waals surface area contributed by atoms with Crippen molar-refractivity contribution in [2.45, 2.75) is 38.5 Å². The zero-order chi connectivity index (χ0) is 18.2. The lowest BCUT2D eigenvalue weighted by atomic mass is 9.86. The maximum atomic E-state index is 6.08. The molecular formula is C21H29N3Si. The molecule has 132 valence electrons. The van der Waals surface area contributed by atoms with E-state index in [9.17, 15) is 0 Å². The Labute approximate surface area is 152 Å². The van der Waals surface area contributed by atoms with Crippen LogP contribution in [0.4, 0.5) is 0 Å². The Morgan fingerprint density at radius 1 is 1.04 bits per heavy atom. The summed E-state index contributed by atoms with van der Waals surface area (Å²) in [5, 5.41) is 1.49. The zero-order valence-electron chi connectivity index (χ0n) is 16.0. The normalized spacial score (nSPS) is 21.2. The Morgan fingerprint density at radius 3 is 2.32 bits per heavy atom. The van der Waals surface area contributed by atoms with Crippen molar-refractivity contribution in [3.05, 3.63) is 54.1 Å². The molecule has 0 aromatic heterocycles. The second-order valence-electron chi connectivity index (χ2n) is 8.32. The molecule has 0 amide bonds. The first-order valence-electron chi connectivity index (χ1n) is 8.97. The first-order chi connectivity index (χ1) is 11.7. The monoisotopic (exact) mass is 351 g/mol. The van der Waals surface area contributed by atoms with Crippen molar-refractivity contribution in [1.29, 1.82) is 0 Å². The molecule has 2 N–H and O–H groups in total. The van der Waals surface area contributed by atoms with Crippen LogP contribution in [0.3, 0.4) is 0 Å². The number of aliphatic imine (C=N–C) groups is 1. The minimum atomic E-state index is -1.26. The van der Waals surface area contributed by atoms with E-state index >= 15 is 0 Å². The second-order valence-corrected chi connectivity index (χ2v) is 13.4. The van der Waals surface area contributed by atoms with Crippen LogP contribution in [-0.4, -0.2) is 32.5 Å². The van der Waals surface area contributed by atoms with Gasteiger partial charge in [-0.3, -0.25) is 0 Å². The van der Waals surface area contributed by atoms with E-state index in [2.05, 4.69) is 75.1 Å². The van der Waals surface area contributed by atoms with Gasteiger partial charge in [-0.15, -0.1) is 0 Å². The van der Waals surface area contributed by atoms with Crippen LogP contribution in [0.2, 0.25) is 19.6 Å². The molecule has 2 aromatic carbocycles. The van der Waals surface area contributed by atoms with Gasteiger partial charge in [0.25, 0.3) is 0 Å². The predicted molar refractivity (Wildman–Crippen MR) is 111 cm³/mol. The van der Waals surface area contributed by atoms with Gasteiger partial charge in [0.2, 0.25) is 0 Å². The van der Waals surface area contributed by atoms with Crippen molar-refractivity contribution in [2.75, 3.05) is 13.6 Å². The number of rotatable bonds is 3. The molecule has 0 radical (unpaired) electrons. The molecule has 3 nitrogen and oxygen atoms in total. The van der Waals surface area contributed by atoms with Crippen LogP contribution in [0.15, 0.2) is 53.5 Å². The van der Waals surface area contributed by atoms with E-state index in [0.717, 1.165) is 13.0 Å². The summed E-state index contributed by atoms with van der Waals surface area (Å²) in [7, 11) is 0.738. The van der Waals surface area contributed by atoms with Gasteiger partial charge in [0.15, 0.2) is 5.96 Å². The molecule has 0 saturated carbocycles. The molecular weight excluding hydrogens is 322 g/mol. The topological polar surface area (TPSA) is 41.6 Å². The summed E-state index contributed by atoms with van der Waals surface area (Å²) in [6.07, 6.45) is 0.974. The fourth-order valence-electron chi connectivity index (χ4n) is 3.30. The van der Waals surface area contributed by atoms with E-state index in [4.69, 9.17) is 10.7 Å². The minimum Gasteiger partial charge on any atom is -0.370 e. The van der Waals surface area contributed by atoms with E-state index in [1.807, 2.05) is 11.9 Å². The molecule has 0 spiro atoms. The Hall–Kier alpha value is -2.07. The number of nitrogens with zero attached hydrogens (tertiary/aromatic N) is 2. The van der Waals surface area contributed by atoms with Crippen LogP contribution in [0.25, 0.3) is 11.1 Å². The Bertz CT molecular complexity index is 790. The standard InChI is InChI=1S/C21H29N3Si/c1-21(13-14-24(2)20(22)23-21)18-8-6-7-17(15-18)16-9-11-19(12-10-16)25(3,4)5/h6-12,15H,13-14H2,1-5H3,(H2,22,23). The highest BCUT2D eigenvalue weighted by Gasteiger charge is 2.31. The van der Waals surface area contributed by atoms with Crippen molar-refractivity contribution in [3.8, 4) is 11.1 Å². The van der Waals surface area contributed by atoms with Crippen LogP contribution >= 0.6 is 0 Å². The van der Waals surface area contributed by atoms with Gasteiger partial charge in [0.05, 0.1) is 13.6 Å². The quantitative estimate of drug-likeness (QED) is 0.856. The molecule has 2 aromatic rings. The first-order valence-corrected chi connectivity index (χ1v) is 12.5. The van der Waals surface area contributed by atoms with Crippen molar-refractivity contribution >= 4 is 19.2 Å². The molecule has 1 unspecified atom stereocenters. The van der Waals surface area contributed by atoms with Crippen molar-refractivity contribution in [1.82, 2.24) is 4.90 Å². The average molecular weight is 352 g/mol. The van der Waals surface area contributed by atoms with Crippen molar-refractivity contribution in [3.63, 3.8) is 0 Å². The fourth-order valence-corrected chi connectivity index (χ4v) is 4.47. The molecule has 1 aliphatic rings. The lowest BCUT2D eigenvalue weighted by Crippen LogP contribution is -2.43. The van der Waals surface area contributed by atoms with Gasteiger partial charge in [0.1, 0.15) is 0 Å². The summed E-state index contributed by atoms with van der Waals surface area (Å²) in [5.41, 5.74) is 9.57. The third kappa shape index (κ3) is 3.64. The maximum absolute atomic E-state index is 6.08. The fraction of sp³-hybridized carbons (Fsp3) is 0.381. The number of guanidine groups is 1. The van der Waals surface area contributed by atoms with Gasteiger partial charge in [-0.25, -0.2) is 4.99 Å². The first kappa shape index (κ1) is 17.7. The van der Waals surface area contributed by atoms with E-state index in [1.165, 1.54) is 21.9 Å². The third-order valence-corrected chi connectivity index (χ3v) is 7.32. The van der Waals surface area contributed by atoms with Gasteiger partial charge in [0, 0.05) is 13.6 Å². The molecule has 0 bridgehead atoms. The zero-order valence-corrected chi connectivity index (χ0v) is 17.0. The lowest BCUT2D eigenvalue weighted by Gasteiger charge is -2.35. The molecule has 0 fully saturated rings. The smallest absolute Gasteiger partial charge is 0.191 e. The highest BCUT2D eigenvalue weighted by atomic mass is 28.3. The summed E-state index contributed by atoms with van der Waals surface area (Å²) >= 11 is 0. The summed E-state index contributed by atoms with van der Waals surface area (Å²) in [5.74, 6) is 0.624. The average Bonchev–Trinajstić information content (AvgIpc) is 2.58. The second kappa shape index (κ2) is 6.34. The van der Waals surface area contributed by atoms with Gasteiger partial charge >= 0.3 is 0 Å². The Kier molecular flexibility index (Phi) is 4.50. The Balaban J connectivity index is 1.95. The largest absolute Gasteiger partial charge is 0.370 e. The third-order valence-electron chi connectivity index (χ3n) is 5.26. The van der Waals surface area contributed by atoms with Crippen molar-refractivity contribution < 1.29 is 0 Å². The molecule has 3 rings (SSSR count). The van der Waals surface area contributed by atoms with E-state index in [1.54, 1.807) is 0 Å². The van der Waals surface area contributed by atoms with E-state index < -0.39 is 8.07 Å². The molecule has 0 aliphatic carbocycles. The summed E-state index contributed by atoms with van der Waals surface area (Å²) in [6.45, 7) is 10.3. The van der Waals surface area contributed by atoms with E-state index in [0.29, 0.717) is 5.96 Å². The van der Waals surface area contributed by atoms with Gasteiger partial charge in [-0.1, -0.05) is 67.3 Å². The Morgan fingerprint density at radius 2 is 1.72 bits per heavy atom. The highest BCUT2D eigenvalue weighted by molar-refractivity contribution is 6.88. The van der Waals surface area contributed by atoms with Crippen LogP contribution in [0.5, 0.6) is 0 Å². The summed E-state index contributed by atoms with van der Waals surface area (Å²) < 4.78 is 0. The van der Waals surface area contributed by atoms with Gasteiger partial charge in [-0.05, 0) is 36.1 Å². The van der Waals surface area contributed by atoms with Crippen LogP contribution in [0, 0.1) is 0 Å². The molecule has 4 heteroatoms. The molecule has 0 saturated heterocycles. The van der Waals surface area contributed by atoms with Crippen LogP contribution < -0.4 is 10.9 Å². The minimum absolute atomic E-state index is 0.245. The van der Waals surface area contributed by atoms with Crippen LogP contribution in [0.1, 0.15) is 18.9 Å². The molecule has 1 atom stereocenters. The number of benzene rings is 2. The van der Waals surface area contributed by atoms with Crippen LogP contribution in [-0.2, 0) is 5.54 Å². The molecule has 1 aliphatic heterocycles. The van der Waals surface area contributed by atoms with Gasteiger partial charge < -0.3 is 10.6 Å². The summed E-state index contributed by atoms with van der Waals surface area (Å²) in [4.78, 5) is 6.79.